The van der Waals surface area contributed by atoms with E-state index in [2.05, 4.69) is 19.2 Å². The predicted octanol–water partition coefficient (Wildman–Crippen LogP) is 3.89. The van der Waals surface area contributed by atoms with Gasteiger partial charge in [0, 0.05) is 12.6 Å². The number of rotatable bonds is 6. The van der Waals surface area contributed by atoms with Crippen molar-refractivity contribution in [2.24, 2.45) is 11.8 Å². The third-order valence-electron chi connectivity index (χ3n) is 5.64. The summed E-state index contributed by atoms with van der Waals surface area (Å²) in [5.74, 6) is 1.78. The molecular formula is C17H31NO. The maximum Gasteiger partial charge on any atom is 0.0810 e. The Morgan fingerprint density at radius 3 is 2.21 bits per heavy atom. The molecule has 0 aromatic carbocycles. The Hall–Kier alpha value is -0.0800. The summed E-state index contributed by atoms with van der Waals surface area (Å²) >= 11 is 0. The summed E-state index contributed by atoms with van der Waals surface area (Å²) in [6, 6.07) is 0.810. The van der Waals surface area contributed by atoms with Gasteiger partial charge in [-0.1, -0.05) is 13.8 Å². The Balaban J connectivity index is 1.55. The molecule has 0 atom stereocenters. The molecule has 3 saturated carbocycles. The highest BCUT2D eigenvalue weighted by molar-refractivity contribution is 4.94. The monoisotopic (exact) mass is 265 g/mol. The van der Waals surface area contributed by atoms with Gasteiger partial charge in [-0.2, -0.15) is 0 Å². The molecule has 3 aliphatic rings. The summed E-state index contributed by atoms with van der Waals surface area (Å²) in [6.45, 7) is 5.87. The molecule has 19 heavy (non-hydrogen) atoms. The summed E-state index contributed by atoms with van der Waals surface area (Å²) < 4.78 is 6.56. The topological polar surface area (TPSA) is 21.3 Å². The zero-order chi connectivity index (χ0) is 13.3. The summed E-state index contributed by atoms with van der Waals surface area (Å²) in [5.41, 5.74) is 0.180. The van der Waals surface area contributed by atoms with Crippen LogP contribution in [0, 0.1) is 11.8 Å². The fraction of sp³-hybridized carbons (Fsp3) is 1.00. The fourth-order valence-corrected chi connectivity index (χ4v) is 3.63. The van der Waals surface area contributed by atoms with Gasteiger partial charge >= 0.3 is 0 Å². The first-order chi connectivity index (χ1) is 9.17. The van der Waals surface area contributed by atoms with Gasteiger partial charge in [0.15, 0.2) is 0 Å². The lowest BCUT2D eigenvalue weighted by atomic mass is 9.74. The minimum atomic E-state index is 0.180. The smallest absolute Gasteiger partial charge is 0.0810 e. The van der Waals surface area contributed by atoms with Crippen LogP contribution in [0.1, 0.15) is 71.6 Å². The second-order valence-electron chi connectivity index (χ2n) is 7.59. The number of hydrogen-bond acceptors (Lipinski definition) is 2. The van der Waals surface area contributed by atoms with Gasteiger partial charge in [0.1, 0.15) is 0 Å². The average Bonchev–Trinajstić information content (AvgIpc) is 3.16. The van der Waals surface area contributed by atoms with Crippen molar-refractivity contribution in [3.8, 4) is 0 Å². The van der Waals surface area contributed by atoms with Gasteiger partial charge in [-0.3, -0.25) is 0 Å². The minimum Gasteiger partial charge on any atom is -0.370 e. The van der Waals surface area contributed by atoms with Crippen LogP contribution in [0.2, 0.25) is 0 Å². The van der Waals surface area contributed by atoms with E-state index in [4.69, 9.17) is 4.74 Å². The van der Waals surface area contributed by atoms with Crippen molar-refractivity contribution in [2.75, 3.05) is 6.54 Å². The van der Waals surface area contributed by atoms with E-state index in [9.17, 15) is 0 Å². The Kier molecular flexibility index (Phi) is 4.19. The highest BCUT2D eigenvalue weighted by atomic mass is 16.5. The van der Waals surface area contributed by atoms with E-state index in [1.54, 1.807) is 0 Å². The summed E-state index contributed by atoms with van der Waals surface area (Å²) in [6.07, 6.45) is 12.6. The lowest BCUT2D eigenvalue weighted by Crippen LogP contribution is -2.50. The van der Waals surface area contributed by atoms with Crippen LogP contribution in [0.4, 0.5) is 0 Å². The van der Waals surface area contributed by atoms with Crippen LogP contribution in [-0.2, 0) is 4.74 Å². The van der Waals surface area contributed by atoms with E-state index >= 15 is 0 Å². The van der Waals surface area contributed by atoms with Crippen LogP contribution in [0.15, 0.2) is 0 Å². The van der Waals surface area contributed by atoms with Gasteiger partial charge in [0.2, 0.25) is 0 Å². The number of nitrogens with one attached hydrogen (secondary N) is 1. The molecule has 0 bridgehead atoms. The molecule has 0 radical (unpaired) electrons. The highest BCUT2D eigenvalue weighted by Crippen LogP contribution is 2.41. The first kappa shape index (κ1) is 13.9. The van der Waals surface area contributed by atoms with Crippen molar-refractivity contribution in [1.29, 1.82) is 0 Å². The van der Waals surface area contributed by atoms with Crippen molar-refractivity contribution < 1.29 is 4.74 Å². The van der Waals surface area contributed by atoms with Crippen molar-refractivity contribution in [3.05, 3.63) is 0 Å². The number of ether oxygens (including phenoxy) is 1. The summed E-state index contributed by atoms with van der Waals surface area (Å²) in [4.78, 5) is 0. The van der Waals surface area contributed by atoms with E-state index in [0.717, 1.165) is 24.4 Å². The third-order valence-corrected chi connectivity index (χ3v) is 5.64. The molecule has 0 aromatic heterocycles. The quantitative estimate of drug-likeness (QED) is 0.786. The van der Waals surface area contributed by atoms with Crippen molar-refractivity contribution in [2.45, 2.75) is 89.4 Å². The van der Waals surface area contributed by atoms with Crippen LogP contribution in [0.5, 0.6) is 0 Å². The van der Waals surface area contributed by atoms with Gasteiger partial charge in [-0.25, -0.2) is 0 Å². The zero-order valence-corrected chi connectivity index (χ0v) is 12.8. The second kappa shape index (κ2) is 5.73. The Labute approximate surface area is 118 Å². The Morgan fingerprint density at radius 2 is 1.74 bits per heavy atom. The van der Waals surface area contributed by atoms with E-state index < -0.39 is 0 Å². The molecule has 0 aromatic rings. The standard InChI is InChI=1S/C17H31NO/c1-13(2)14-8-10-17(11-9-14,12-18-15-6-7-15)19-16-4-3-5-16/h13-16,18H,3-12H2,1-2H3. The van der Waals surface area contributed by atoms with Crippen molar-refractivity contribution in [1.82, 2.24) is 5.32 Å². The molecular weight excluding hydrogens is 234 g/mol. The van der Waals surface area contributed by atoms with Gasteiger partial charge in [-0.05, 0) is 69.6 Å². The fourth-order valence-electron chi connectivity index (χ4n) is 3.63. The Morgan fingerprint density at radius 1 is 1.05 bits per heavy atom. The Bertz CT molecular complexity index is 286. The predicted molar refractivity (Wildman–Crippen MR) is 79.3 cm³/mol. The lowest BCUT2D eigenvalue weighted by molar-refractivity contribution is -0.142. The first-order valence-corrected chi connectivity index (χ1v) is 8.58. The second-order valence-corrected chi connectivity index (χ2v) is 7.59. The highest BCUT2D eigenvalue weighted by Gasteiger charge is 2.40. The van der Waals surface area contributed by atoms with Crippen LogP contribution in [-0.4, -0.2) is 24.3 Å². The van der Waals surface area contributed by atoms with Gasteiger partial charge in [-0.15, -0.1) is 0 Å². The molecule has 110 valence electrons. The van der Waals surface area contributed by atoms with E-state index in [1.807, 2.05) is 0 Å². The van der Waals surface area contributed by atoms with E-state index in [1.165, 1.54) is 57.8 Å². The zero-order valence-electron chi connectivity index (χ0n) is 12.8. The van der Waals surface area contributed by atoms with E-state index in [-0.39, 0.29) is 5.60 Å². The molecule has 3 rings (SSSR count). The van der Waals surface area contributed by atoms with Gasteiger partial charge in [0.25, 0.3) is 0 Å². The molecule has 1 N–H and O–H groups in total. The molecule has 3 fully saturated rings. The van der Waals surface area contributed by atoms with Gasteiger partial charge < -0.3 is 10.1 Å². The maximum atomic E-state index is 6.56. The van der Waals surface area contributed by atoms with Crippen LogP contribution >= 0.6 is 0 Å². The number of hydrogen-bond donors (Lipinski definition) is 1. The lowest BCUT2D eigenvalue weighted by Gasteiger charge is -2.45. The molecule has 0 amide bonds. The molecule has 0 spiro atoms. The van der Waals surface area contributed by atoms with Crippen LogP contribution in [0.25, 0.3) is 0 Å². The first-order valence-electron chi connectivity index (χ1n) is 8.58. The molecule has 0 unspecified atom stereocenters. The van der Waals surface area contributed by atoms with Crippen molar-refractivity contribution >= 4 is 0 Å². The molecule has 2 nitrogen and oxygen atoms in total. The van der Waals surface area contributed by atoms with Gasteiger partial charge in [0.05, 0.1) is 11.7 Å². The van der Waals surface area contributed by atoms with Crippen LogP contribution < -0.4 is 5.32 Å². The average molecular weight is 265 g/mol. The summed E-state index contributed by atoms with van der Waals surface area (Å²) in [7, 11) is 0. The molecule has 0 saturated heterocycles. The SMILES string of the molecule is CC(C)C1CCC(CNC2CC2)(OC2CCC2)CC1. The normalized spacial score (nSPS) is 36.5. The minimum absolute atomic E-state index is 0.180. The molecule has 3 aliphatic carbocycles. The van der Waals surface area contributed by atoms with E-state index in [0.29, 0.717) is 6.10 Å². The molecule has 0 heterocycles. The largest absolute Gasteiger partial charge is 0.370 e. The van der Waals surface area contributed by atoms with Crippen molar-refractivity contribution in [3.63, 3.8) is 0 Å². The van der Waals surface area contributed by atoms with Crippen LogP contribution in [0.3, 0.4) is 0 Å². The molecule has 0 aliphatic heterocycles. The maximum absolute atomic E-state index is 6.56. The third kappa shape index (κ3) is 3.52. The molecule has 2 heteroatoms. The summed E-state index contributed by atoms with van der Waals surface area (Å²) in [5, 5.41) is 3.74.